The number of hydrogen-bond donors (Lipinski definition) is 1. The molecular formula is C21H25NO7. The average Bonchev–Trinajstić information content (AvgIpc) is 2.76. The van der Waals surface area contributed by atoms with Crippen LogP contribution >= 0.6 is 0 Å². The highest BCUT2D eigenvalue weighted by atomic mass is 16.5. The van der Waals surface area contributed by atoms with Gasteiger partial charge < -0.3 is 29.0 Å². The van der Waals surface area contributed by atoms with Gasteiger partial charge in [-0.1, -0.05) is 12.1 Å². The molecular weight excluding hydrogens is 378 g/mol. The van der Waals surface area contributed by atoms with E-state index >= 15 is 0 Å². The van der Waals surface area contributed by atoms with Crippen molar-refractivity contribution in [1.82, 2.24) is 5.32 Å². The Morgan fingerprint density at radius 3 is 2.24 bits per heavy atom. The smallest absolute Gasteiger partial charge is 0.342 e. The normalized spacial score (nSPS) is 10.1. The molecule has 2 rings (SSSR count). The van der Waals surface area contributed by atoms with E-state index in [1.165, 1.54) is 14.2 Å². The summed E-state index contributed by atoms with van der Waals surface area (Å²) in [5.41, 5.74) is 1.16. The van der Waals surface area contributed by atoms with Crippen LogP contribution in [-0.2, 0) is 16.0 Å². The molecule has 8 nitrogen and oxygen atoms in total. The maximum absolute atomic E-state index is 12.3. The van der Waals surface area contributed by atoms with Crippen molar-refractivity contribution >= 4 is 11.9 Å². The van der Waals surface area contributed by atoms with Crippen molar-refractivity contribution in [3.05, 3.63) is 47.5 Å². The Kier molecular flexibility index (Phi) is 8.14. The zero-order valence-corrected chi connectivity index (χ0v) is 16.9. The molecule has 0 heterocycles. The van der Waals surface area contributed by atoms with Crippen LogP contribution in [0.25, 0.3) is 0 Å². The van der Waals surface area contributed by atoms with Crippen molar-refractivity contribution in [2.45, 2.75) is 6.42 Å². The van der Waals surface area contributed by atoms with E-state index in [1.807, 2.05) is 12.1 Å². The van der Waals surface area contributed by atoms with E-state index in [4.69, 9.17) is 23.7 Å². The molecule has 0 bridgehead atoms. The molecule has 0 fully saturated rings. The van der Waals surface area contributed by atoms with E-state index < -0.39 is 18.5 Å². The summed E-state index contributed by atoms with van der Waals surface area (Å²) in [6.07, 6.45) is 0.587. The lowest BCUT2D eigenvalue weighted by molar-refractivity contribution is -0.124. The zero-order chi connectivity index (χ0) is 21.2. The minimum Gasteiger partial charge on any atom is -0.493 e. The number of benzene rings is 2. The summed E-state index contributed by atoms with van der Waals surface area (Å²) in [4.78, 5) is 24.2. The first kappa shape index (κ1) is 21.9. The number of carbonyl (C=O) groups is 2. The Labute approximate surface area is 169 Å². The van der Waals surface area contributed by atoms with Crippen LogP contribution in [0.4, 0.5) is 0 Å². The third kappa shape index (κ3) is 5.78. The molecule has 0 aliphatic carbocycles. The zero-order valence-electron chi connectivity index (χ0n) is 16.9. The largest absolute Gasteiger partial charge is 0.493 e. The van der Waals surface area contributed by atoms with Crippen LogP contribution in [0.2, 0.25) is 0 Å². The van der Waals surface area contributed by atoms with Gasteiger partial charge in [-0.2, -0.15) is 0 Å². The second-order valence-electron chi connectivity index (χ2n) is 5.91. The topological polar surface area (TPSA) is 92.3 Å². The highest BCUT2D eigenvalue weighted by Gasteiger charge is 2.18. The van der Waals surface area contributed by atoms with Gasteiger partial charge in [0.05, 0.1) is 28.4 Å². The second-order valence-corrected chi connectivity index (χ2v) is 5.91. The minimum absolute atomic E-state index is 0.185. The molecule has 2 aromatic carbocycles. The first-order valence-electron chi connectivity index (χ1n) is 8.89. The summed E-state index contributed by atoms with van der Waals surface area (Å²) in [6.45, 7) is -0.0144. The molecule has 0 spiro atoms. The van der Waals surface area contributed by atoms with Gasteiger partial charge in [0, 0.05) is 6.54 Å². The quantitative estimate of drug-likeness (QED) is 0.608. The molecule has 0 aromatic heterocycles. The summed E-state index contributed by atoms with van der Waals surface area (Å²) < 4.78 is 25.9. The molecule has 29 heavy (non-hydrogen) atoms. The van der Waals surface area contributed by atoms with Gasteiger partial charge in [0.1, 0.15) is 5.56 Å². The second kappa shape index (κ2) is 10.8. The van der Waals surface area contributed by atoms with Crippen molar-refractivity contribution in [2.24, 2.45) is 0 Å². The predicted octanol–water partition coefficient (Wildman–Crippen LogP) is 2.24. The molecule has 0 saturated carbocycles. The van der Waals surface area contributed by atoms with Crippen LogP contribution in [0.5, 0.6) is 23.0 Å². The lowest BCUT2D eigenvalue weighted by Gasteiger charge is -2.12. The molecule has 0 aliphatic rings. The number of amides is 1. The molecule has 8 heteroatoms. The van der Waals surface area contributed by atoms with Crippen LogP contribution in [0.3, 0.4) is 0 Å². The van der Waals surface area contributed by atoms with E-state index in [1.54, 1.807) is 38.5 Å². The number of rotatable bonds is 10. The van der Waals surface area contributed by atoms with Gasteiger partial charge in [0.15, 0.2) is 29.6 Å². The molecule has 0 radical (unpaired) electrons. The van der Waals surface area contributed by atoms with E-state index in [9.17, 15) is 9.59 Å². The number of methoxy groups -OCH3 is 4. The number of hydrogen-bond acceptors (Lipinski definition) is 7. The van der Waals surface area contributed by atoms with Crippen LogP contribution in [0, 0.1) is 0 Å². The maximum atomic E-state index is 12.3. The van der Waals surface area contributed by atoms with Gasteiger partial charge >= 0.3 is 5.97 Å². The maximum Gasteiger partial charge on any atom is 0.342 e. The van der Waals surface area contributed by atoms with Crippen molar-refractivity contribution in [3.63, 3.8) is 0 Å². The SMILES string of the molecule is COc1ccc(CCNC(=O)COC(=O)c2cccc(OC)c2OC)cc1OC. The third-order valence-electron chi connectivity index (χ3n) is 4.14. The molecule has 1 N–H and O–H groups in total. The van der Waals surface area contributed by atoms with Crippen molar-refractivity contribution < 1.29 is 33.3 Å². The summed E-state index contributed by atoms with van der Waals surface area (Å²) in [5.74, 6) is 0.851. The van der Waals surface area contributed by atoms with Crippen LogP contribution < -0.4 is 24.3 Å². The first-order chi connectivity index (χ1) is 14.0. The Morgan fingerprint density at radius 2 is 1.59 bits per heavy atom. The van der Waals surface area contributed by atoms with E-state index in [0.29, 0.717) is 30.2 Å². The fourth-order valence-electron chi connectivity index (χ4n) is 2.69. The Hall–Kier alpha value is -3.42. The van der Waals surface area contributed by atoms with Gasteiger partial charge in [-0.15, -0.1) is 0 Å². The molecule has 2 aromatic rings. The number of ether oxygens (including phenoxy) is 5. The number of esters is 1. The van der Waals surface area contributed by atoms with Crippen LogP contribution in [0.1, 0.15) is 15.9 Å². The molecule has 0 atom stereocenters. The van der Waals surface area contributed by atoms with Crippen LogP contribution in [0.15, 0.2) is 36.4 Å². The van der Waals surface area contributed by atoms with Crippen molar-refractivity contribution in [3.8, 4) is 23.0 Å². The Bertz CT molecular complexity index is 851. The van der Waals surface area contributed by atoms with Gasteiger partial charge in [-0.25, -0.2) is 4.79 Å². The molecule has 0 saturated heterocycles. The predicted molar refractivity (Wildman–Crippen MR) is 106 cm³/mol. The molecule has 0 aliphatic heterocycles. The van der Waals surface area contributed by atoms with Crippen molar-refractivity contribution in [1.29, 1.82) is 0 Å². The third-order valence-corrected chi connectivity index (χ3v) is 4.14. The summed E-state index contributed by atoms with van der Waals surface area (Å²) >= 11 is 0. The van der Waals surface area contributed by atoms with Gasteiger partial charge in [-0.3, -0.25) is 4.79 Å². The Balaban J connectivity index is 1.84. The molecule has 1 amide bonds. The fraction of sp³-hybridized carbons (Fsp3) is 0.333. The number of nitrogens with one attached hydrogen (secondary N) is 1. The number of carbonyl (C=O) groups excluding carboxylic acids is 2. The monoisotopic (exact) mass is 403 g/mol. The molecule has 0 unspecified atom stereocenters. The van der Waals surface area contributed by atoms with Crippen molar-refractivity contribution in [2.75, 3.05) is 41.6 Å². The minimum atomic E-state index is -0.671. The fourth-order valence-corrected chi connectivity index (χ4v) is 2.69. The summed E-state index contributed by atoms with van der Waals surface area (Å²) in [7, 11) is 6.03. The van der Waals surface area contributed by atoms with Gasteiger partial charge in [-0.05, 0) is 36.2 Å². The van der Waals surface area contributed by atoms with Crippen LogP contribution in [-0.4, -0.2) is 53.5 Å². The summed E-state index contributed by atoms with van der Waals surface area (Å²) in [6, 6.07) is 10.4. The molecule has 156 valence electrons. The lowest BCUT2D eigenvalue weighted by atomic mass is 10.1. The average molecular weight is 403 g/mol. The highest BCUT2D eigenvalue weighted by molar-refractivity contribution is 5.94. The standard InChI is InChI=1S/C21H25NO7/c1-25-16-9-8-14(12-18(16)27-3)10-11-22-19(23)13-29-21(24)15-6-5-7-17(26-2)20(15)28-4/h5-9,12H,10-11,13H2,1-4H3,(H,22,23). The van der Waals surface area contributed by atoms with Gasteiger partial charge in [0.2, 0.25) is 0 Å². The Morgan fingerprint density at radius 1 is 0.862 bits per heavy atom. The number of para-hydroxylation sites is 1. The summed E-state index contributed by atoms with van der Waals surface area (Å²) in [5, 5.41) is 2.71. The van der Waals surface area contributed by atoms with E-state index in [-0.39, 0.29) is 11.3 Å². The van der Waals surface area contributed by atoms with Gasteiger partial charge in [0.25, 0.3) is 5.91 Å². The van der Waals surface area contributed by atoms with E-state index in [0.717, 1.165) is 5.56 Å². The van der Waals surface area contributed by atoms with E-state index in [2.05, 4.69) is 5.32 Å². The lowest BCUT2D eigenvalue weighted by Crippen LogP contribution is -2.30. The highest BCUT2D eigenvalue weighted by Crippen LogP contribution is 2.31. The first-order valence-corrected chi connectivity index (χ1v) is 8.89.